The molecule has 0 atom stereocenters. The van der Waals surface area contributed by atoms with Gasteiger partial charge in [-0.3, -0.25) is 4.79 Å². The Hall–Kier alpha value is -4.90. The summed E-state index contributed by atoms with van der Waals surface area (Å²) in [6.07, 6.45) is 3.13. The Balaban J connectivity index is 1.50. The molecule has 0 aliphatic carbocycles. The molecule has 0 saturated carbocycles. The van der Waals surface area contributed by atoms with Crippen molar-refractivity contribution in [2.45, 2.75) is 6.92 Å². The van der Waals surface area contributed by atoms with Crippen LogP contribution >= 0.6 is 0 Å². The quantitative estimate of drug-likeness (QED) is 0.103. The van der Waals surface area contributed by atoms with Crippen LogP contribution in [0, 0.1) is 6.92 Å². The number of allylic oxidation sites excluding steroid dienone is 1. The van der Waals surface area contributed by atoms with Crippen molar-refractivity contribution < 1.29 is 23.5 Å². The van der Waals surface area contributed by atoms with Gasteiger partial charge in [0.2, 0.25) is 0 Å². The van der Waals surface area contributed by atoms with Gasteiger partial charge in [0, 0.05) is 22.1 Å². The van der Waals surface area contributed by atoms with Gasteiger partial charge in [-0.25, -0.2) is 4.79 Å². The van der Waals surface area contributed by atoms with Gasteiger partial charge in [-0.2, -0.15) is 0 Å². The number of aryl methyl sites for hydroxylation is 1. The molecule has 0 aliphatic heterocycles. The minimum atomic E-state index is -0.573. The van der Waals surface area contributed by atoms with E-state index in [9.17, 15) is 9.59 Å². The second kappa shape index (κ2) is 10.4. The summed E-state index contributed by atoms with van der Waals surface area (Å²) in [4.78, 5) is 26.3. The highest BCUT2D eigenvalue weighted by Crippen LogP contribution is 2.36. The molecule has 0 fully saturated rings. The van der Waals surface area contributed by atoms with E-state index in [4.69, 9.17) is 13.9 Å². The molecular formula is C32H24O5. The van der Waals surface area contributed by atoms with E-state index in [1.54, 1.807) is 61.7 Å². The van der Waals surface area contributed by atoms with E-state index >= 15 is 0 Å². The Morgan fingerprint density at radius 3 is 2.32 bits per heavy atom. The van der Waals surface area contributed by atoms with Crippen molar-refractivity contribution in [2.24, 2.45) is 0 Å². The Morgan fingerprint density at radius 2 is 1.57 bits per heavy atom. The largest absolute Gasteiger partial charge is 0.497 e. The molecule has 5 rings (SSSR count). The van der Waals surface area contributed by atoms with Gasteiger partial charge in [0.15, 0.2) is 5.78 Å². The van der Waals surface area contributed by atoms with Crippen LogP contribution in [-0.2, 0) is 0 Å². The molecule has 182 valence electrons. The molecule has 5 heteroatoms. The fourth-order valence-corrected chi connectivity index (χ4v) is 4.04. The van der Waals surface area contributed by atoms with Crippen LogP contribution in [0.1, 0.15) is 31.8 Å². The van der Waals surface area contributed by atoms with Gasteiger partial charge in [0.1, 0.15) is 28.4 Å². The average molecular weight is 489 g/mol. The molecule has 1 heterocycles. The summed E-state index contributed by atoms with van der Waals surface area (Å²) in [7, 11) is 1.57. The fourth-order valence-electron chi connectivity index (χ4n) is 4.04. The summed E-state index contributed by atoms with van der Waals surface area (Å²) < 4.78 is 17.4. The minimum Gasteiger partial charge on any atom is -0.497 e. The number of ether oxygens (including phenoxy) is 2. The van der Waals surface area contributed by atoms with E-state index < -0.39 is 5.97 Å². The standard InChI is InChI=1S/C32H24O5/c1-21-12-14-22(15-13-21)27(33)18-16-23-8-6-7-11-28(23)37-32(34)30-26-20-25(35-2)17-19-29(26)36-31(30)24-9-4-3-5-10-24/h3-20H,1-2H3. The maximum absolute atomic E-state index is 13.6. The molecule has 5 aromatic rings. The van der Waals surface area contributed by atoms with Crippen molar-refractivity contribution in [3.8, 4) is 22.8 Å². The summed E-state index contributed by atoms with van der Waals surface area (Å²) in [6, 6.07) is 29.1. The molecule has 4 aromatic carbocycles. The van der Waals surface area contributed by atoms with Crippen LogP contribution in [0.2, 0.25) is 0 Å². The van der Waals surface area contributed by atoms with Crippen molar-refractivity contribution in [3.05, 3.63) is 125 Å². The number of hydrogen-bond donors (Lipinski definition) is 0. The number of esters is 1. The summed E-state index contributed by atoms with van der Waals surface area (Å²) in [6.45, 7) is 1.97. The number of methoxy groups -OCH3 is 1. The van der Waals surface area contributed by atoms with Gasteiger partial charge in [0.25, 0.3) is 0 Å². The number of carbonyl (C=O) groups excluding carboxylic acids is 2. The van der Waals surface area contributed by atoms with E-state index in [0.717, 1.165) is 11.1 Å². The van der Waals surface area contributed by atoms with Crippen LogP contribution in [0.3, 0.4) is 0 Å². The Labute approximate surface area is 214 Å². The third-order valence-electron chi connectivity index (χ3n) is 6.01. The van der Waals surface area contributed by atoms with Crippen LogP contribution in [0.4, 0.5) is 0 Å². The van der Waals surface area contributed by atoms with Crippen LogP contribution in [0.5, 0.6) is 11.5 Å². The Morgan fingerprint density at radius 1 is 0.838 bits per heavy atom. The minimum absolute atomic E-state index is 0.139. The molecule has 0 unspecified atom stereocenters. The number of rotatable bonds is 7. The summed E-state index contributed by atoms with van der Waals surface area (Å²) in [5, 5.41) is 0.589. The highest BCUT2D eigenvalue weighted by molar-refractivity contribution is 6.10. The third-order valence-corrected chi connectivity index (χ3v) is 6.01. The molecule has 0 saturated heterocycles. The zero-order chi connectivity index (χ0) is 25.8. The summed E-state index contributed by atoms with van der Waals surface area (Å²) in [5.74, 6) is 0.630. The second-order valence-corrected chi connectivity index (χ2v) is 8.53. The number of furan rings is 1. The summed E-state index contributed by atoms with van der Waals surface area (Å²) in [5.41, 5.74) is 3.86. The van der Waals surface area contributed by atoms with Gasteiger partial charge < -0.3 is 13.9 Å². The fraction of sp³-hybridized carbons (Fsp3) is 0.0625. The number of hydrogen-bond acceptors (Lipinski definition) is 5. The highest BCUT2D eigenvalue weighted by atomic mass is 16.5. The number of carbonyl (C=O) groups is 2. The molecule has 0 spiro atoms. The normalized spacial score (nSPS) is 11.1. The number of fused-ring (bicyclic) bond motifs is 1. The number of ketones is 1. The lowest BCUT2D eigenvalue weighted by Crippen LogP contribution is -2.10. The number of para-hydroxylation sites is 1. The number of benzene rings is 4. The monoisotopic (exact) mass is 488 g/mol. The smallest absolute Gasteiger partial charge is 0.348 e. The first-order chi connectivity index (χ1) is 18.0. The van der Waals surface area contributed by atoms with Crippen LogP contribution in [0.25, 0.3) is 28.4 Å². The Kier molecular flexibility index (Phi) is 6.68. The highest BCUT2D eigenvalue weighted by Gasteiger charge is 2.25. The lowest BCUT2D eigenvalue weighted by atomic mass is 10.1. The van der Waals surface area contributed by atoms with Gasteiger partial charge >= 0.3 is 5.97 Å². The van der Waals surface area contributed by atoms with Crippen LogP contribution in [-0.4, -0.2) is 18.9 Å². The molecule has 0 amide bonds. The van der Waals surface area contributed by atoms with Crippen molar-refractivity contribution >= 4 is 28.8 Å². The predicted octanol–water partition coefficient (Wildman–Crippen LogP) is 7.53. The molecule has 0 bridgehead atoms. The maximum atomic E-state index is 13.6. The van der Waals surface area contributed by atoms with Crippen LogP contribution < -0.4 is 9.47 Å². The molecule has 0 N–H and O–H groups in total. The first-order valence-electron chi connectivity index (χ1n) is 11.8. The SMILES string of the molecule is COc1ccc2oc(-c3ccccc3)c(C(=O)Oc3ccccc3C=CC(=O)c3ccc(C)cc3)c2c1. The van der Waals surface area contributed by atoms with Gasteiger partial charge in [0.05, 0.1) is 7.11 Å². The lowest BCUT2D eigenvalue weighted by molar-refractivity contribution is 0.0736. The Bertz CT molecular complexity index is 1610. The first-order valence-corrected chi connectivity index (χ1v) is 11.8. The van der Waals surface area contributed by atoms with E-state index in [1.165, 1.54) is 6.08 Å². The second-order valence-electron chi connectivity index (χ2n) is 8.53. The average Bonchev–Trinajstić information content (AvgIpc) is 3.32. The zero-order valence-corrected chi connectivity index (χ0v) is 20.4. The lowest BCUT2D eigenvalue weighted by Gasteiger charge is -2.08. The molecule has 37 heavy (non-hydrogen) atoms. The van der Waals surface area contributed by atoms with E-state index in [1.807, 2.05) is 55.5 Å². The maximum Gasteiger partial charge on any atom is 0.348 e. The van der Waals surface area contributed by atoms with Crippen molar-refractivity contribution in [1.82, 2.24) is 0 Å². The molecular weight excluding hydrogens is 464 g/mol. The zero-order valence-electron chi connectivity index (χ0n) is 20.4. The molecule has 0 radical (unpaired) electrons. The van der Waals surface area contributed by atoms with Gasteiger partial charge in [-0.05, 0) is 43.3 Å². The van der Waals surface area contributed by atoms with Crippen molar-refractivity contribution in [1.29, 1.82) is 0 Å². The van der Waals surface area contributed by atoms with Gasteiger partial charge in [-0.1, -0.05) is 78.4 Å². The molecule has 5 nitrogen and oxygen atoms in total. The van der Waals surface area contributed by atoms with Gasteiger partial charge in [-0.15, -0.1) is 0 Å². The third kappa shape index (κ3) is 5.07. The first kappa shape index (κ1) is 23.8. The predicted molar refractivity (Wildman–Crippen MR) is 144 cm³/mol. The van der Waals surface area contributed by atoms with E-state index in [0.29, 0.717) is 44.9 Å². The van der Waals surface area contributed by atoms with Crippen LogP contribution in [0.15, 0.2) is 108 Å². The van der Waals surface area contributed by atoms with E-state index in [-0.39, 0.29) is 5.78 Å². The van der Waals surface area contributed by atoms with Crippen molar-refractivity contribution in [2.75, 3.05) is 7.11 Å². The topological polar surface area (TPSA) is 65.7 Å². The summed E-state index contributed by atoms with van der Waals surface area (Å²) >= 11 is 0. The van der Waals surface area contributed by atoms with E-state index in [2.05, 4.69) is 0 Å². The molecule has 1 aromatic heterocycles. The van der Waals surface area contributed by atoms with Crippen molar-refractivity contribution in [3.63, 3.8) is 0 Å². The molecule has 0 aliphatic rings.